The highest BCUT2D eigenvalue weighted by atomic mass is 16.5. The molecule has 0 atom stereocenters. The van der Waals surface area contributed by atoms with E-state index in [1.807, 2.05) is 0 Å². The molecule has 92 valence electrons. The Labute approximate surface area is 97.2 Å². The van der Waals surface area contributed by atoms with Gasteiger partial charge in [0.2, 0.25) is 0 Å². The molecule has 7 heteroatoms. The van der Waals surface area contributed by atoms with Crippen LogP contribution >= 0.6 is 0 Å². The lowest BCUT2D eigenvalue weighted by molar-refractivity contribution is -0.148. The Hall–Kier alpha value is -1.89. The third-order valence-corrected chi connectivity index (χ3v) is 2.87. The number of aromatic nitrogens is 2. The molecule has 0 radical (unpaired) electrons. The molecule has 1 aromatic rings. The summed E-state index contributed by atoms with van der Waals surface area (Å²) in [4.78, 5) is 23.1. The number of carbonyl (C=O) groups excluding carboxylic acids is 1. The lowest BCUT2D eigenvalue weighted by atomic mass is 9.90. The zero-order valence-corrected chi connectivity index (χ0v) is 9.10. The van der Waals surface area contributed by atoms with Crippen molar-refractivity contribution in [3.05, 3.63) is 18.0 Å². The van der Waals surface area contributed by atoms with Crippen LogP contribution in [-0.2, 0) is 9.53 Å². The van der Waals surface area contributed by atoms with Gasteiger partial charge in [-0.1, -0.05) is 0 Å². The van der Waals surface area contributed by atoms with Crippen molar-refractivity contribution in [1.82, 2.24) is 15.5 Å². The van der Waals surface area contributed by atoms with Gasteiger partial charge in [-0.05, 0) is 0 Å². The highest BCUT2D eigenvalue weighted by Gasteiger charge is 2.41. The van der Waals surface area contributed by atoms with Crippen molar-refractivity contribution in [3.8, 4) is 0 Å². The van der Waals surface area contributed by atoms with Crippen LogP contribution in [0.5, 0.6) is 0 Å². The molecule has 0 saturated carbocycles. The SMILES string of the molecule is O=C(NC1(C(=O)O)CCOCC1)c1cn[nH]c1. The molecule has 0 unspecified atom stereocenters. The number of nitrogens with zero attached hydrogens (tertiary/aromatic N) is 1. The van der Waals surface area contributed by atoms with Gasteiger partial charge in [0.25, 0.3) is 5.91 Å². The molecule has 1 amide bonds. The number of hydrogen-bond acceptors (Lipinski definition) is 4. The predicted molar refractivity (Wildman–Crippen MR) is 56.5 cm³/mol. The van der Waals surface area contributed by atoms with E-state index in [9.17, 15) is 14.7 Å². The van der Waals surface area contributed by atoms with E-state index in [2.05, 4.69) is 15.5 Å². The monoisotopic (exact) mass is 239 g/mol. The van der Waals surface area contributed by atoms with Gasteiger partial charge < -0.3 is 15.2 Å². The lowest BCUT2D eigenvalue weighted by Crippen LogP contribution is -2.57. The van der Waals surface area contributed by atoms with Gasteiger partial charge in [0.15, 0.2) is 0 Å². The molecule has 7 nitrogen and oxygen atoms in total. The number of aromatic amines is 1. The number of carboxylic acid groups (broad SMARTS) is 1. The summed E-state index contributed by atoms with van der Waals surface area (Å²) >= 11 is 0. The number of ether oxygens (including phenoxy) is 1. The van der Waals surface area contributed by atoms with E-state index >= 15 is 0 Å². The highest BCUT2D eigenvalue weighted by molar-refractivity contribution is 5.97. The number of H-pyrrole nitrogens is 1. The van der Waals surface area contributed by atoms with Gasteiger partial charge >= 0.3 is 5.97 Å². The smallest absolute Gasteiger partial charge is 0.329 e. The Morgan fingerprint density at radius 1 is 1.47 bits per heavy atom. The molecule has 0 bridgehead atoms. The molecule has 1 saturated heterocycles. The van der Waals surface area contributed by atoms with Crippen molar-refractivity contribution < 1.29 is 19.4 Å². The van der Waals surface area contributed by atoms with Gasteiger partial charge in [0, 0.05) is 32.3 Å². The van der Waals surface area contributed by atoms with Gasteiger partial charge in [0.05, 0.1) is 11.8 Å². The standard InChI is InChI=1S/C10H13N3O4/c14-8(7-5-11-12-6-7)13-10(9(15)16)1-3-17-4-2-10/h5-6H,1-4H2,(H,11,12)(H,13,14)(H,15,16). The summed E-state index contributed by atoms with van der Waals surface area (Å²) in [6, 6.07) is 0. The molecule has 3 N–H and O–H groups in total. The van der Waals surface area contributed by atoms with E-state index < -0.39 is 17.4 Å². The zero-order valence-electron chi connectivity index (χ0n) is 9.10. The van der Waals surface area contributed by atoms with Crippen LogP contribution in [0.25, 0.3) is 0 Å². The first kappa shape index (κ1) is 11.6. The number of nitrogens with one attached hydrogen (secondary N) is 2. The minimum atomic E-state index is -1.23. The number of carbonyl (C=O) groups is 2. The van der Waals surface area contributed by atoms with Crippen LogP contribution < -0.4 is 5.32 Å². The molecule has 0 aliphatic carbocycles. The largest absolute Gasteiger partial charge is 0.480 e. The van der Waals surface area contributed by atoms with Crippen LogP contribution in [0.3, 0.4) is 0 Å². The van der Waals surface area contributed by atoms with Gasteiger partial charge in [-0.2, -0.15) is 5.10 Å². The average Bonchev–Trinajstić information content (AvgIpc) is 2.83. The van der Waals surface area contributed by atoms with E-state index in [1.165, 1.54) is 12.4 Å². The Balaban J connectivity index is 2.13. The summed E-state index contributed by atoms with van der Waals surface area (Å²) < 4.78 is 5.11. The Morgan fingerprint density at radius 3 is 2.71 bits per heavy atom. The second-order valence-electron chi connectivity index (χ2n) is 3.94. The molecular formula is C10H13N3O4. The minimum absolute atomic E-state index is 0.270. The zero-order chi connectivity index (χ0) is 12.3. The second kappa shape index (κ2) is 4.54. The summed E-state index contributed by atoms with van der Waals surface area (Å²) in [7, 11) is 0. The number of carboxylic acids is 1. The van der Waals surface area contributed by atoms with Crippen LogP contribution in [0, 0.1) is 0 Å². The third-order valence-electron chi connectivity index (χ3n) is 2.87. The summed E-state index contributed by atoms with van der Waals surface area (Å²) in [6.07, 6.45) is 3.31. The maximum Gasteiger partial charge on any atom is 0.329 e. The number of hydrogen-bond donors (Lipinski definition) is 3. The van der Waals surface area contributed by atoms with Gasteiger partial charge in [-0.25, -0.2) is 4.79 Å². The van der Waals surface area contributed by atoms with Crippen molar-refractivity contribution in [2.24, 2.45) is 0 Å². The first-order chi connectivity index (χ1) is 8.14. The fraction of sp³-hybridized carbons (Fsp3) is 0.500. The number of rotatable bonds is 3. The fourth-order valence-electron chi connectivity index (χ4n) is 1.78. The third kappa shape index (κ3) is 2.28. The van der Waals surface area contributed by atoms with E-state index in [4.69, 9.17) is 4.74 Å². The summed E-state index contributed by atoms with van der Waals surface area (Å²) in [5.41, 5.74) is -0.913. The first-order valence-corrected chi connectivity index (χ1v) is 5.26. The molecule has 1 aromatic heterocycles. The molecule has 2 rings (SSSR count). The van der Waals surface area contributed by atoms with Crippen molar-refractivity contribution >= 4 is 11.9 Å². The van der Waals surface area contributed by atoms with Crippen molar-refractivity contribution in [2.75, 3.05) is 13.2 Å². The van der Waals surface area contributed by atoms with Crippen LogP contribution in [0.2, 0.25) is 0 Å². The van der Waals surface area contributed by atoms with Crippen LogP contribution in [-0.4, -0.2) is 45.9 Å². The van der Waals surface area contributed by atoms with E-state index in [0.717, 1.165) is 0 Å². The predicted octanol–water partition coefficient (Wildman–Crippen LogP) is -0.227. The topological polar surface area (TPSA) is 104 Å². The van der Waals surface area contributed by atoms with Crippen molar-refractivity contribution in [1.29, 1.82) is 0 Å². The van der Waals surface area contributed by atoms with Gasteiger partial charge in [-0.3, -0.25) is 9.89 Å². The van der Waals surface area contributed by atoms with Crippen LogP contribution in [0.1, 0.15) is 23.2 Å². The molecule has 2 heterocycles. The lowest BCUT2D eigenvalue weighted by Gasteiger charge is -2.33. The van der Waals surface area contributed by atoms with Crippen LogP contribution in [0.4, 0.5) is 0 Å². The van der Waals surface area contributed by atoms with E-state index in [0.29, 0.717) is 18.8 Å². The molecule has 0 spiro atoms. The molecule has 1 aliphatic rings. The van der Waals surface area contributed by atoms with E-state index in [-0.39, 0.29) is 12.8 Å². The molecule has 1 fully saturated rings. The molecular weight excluding hydrogens is 226 g/mol. The summed E-state index contributed by atoms with van der Waals surface area (Å²) in [6.45, 7) is 0.663. The highest BCUT2D eigenvalue weighted by Crippen LogP contribution is 2.21. The van der Waals surface area contributed by atoms with Gasteiger partial charge in [0.1, 0.15) is 5.54 Å². The van der Waals surface area contributed by atoms with Gasteiger partial charge in [-0.15, -0.1) is 0 Å². The average molecular weight is 239 g/mol. The maximum atomic E-state index is 11.8. The molecule has 17 heavy (non-hydrogen) atoms. The first-order valence-electron chi connectivity index (χ1n) is 5.26. The van der Waals surface area contributed by atoms with Crippen molar-refractivity contribution in [3.63, 3.8) is 0 Å². The normalized spacial score (nSPS) is 18.6. The van der Waals surface area contributed by atoms with Crippen LogP contribution in [0.15, 0.2) is 12.4 Å². The summed E-state index contributed by atoms with van der Waals surface area (Å²) in [5, 5.41) is 17.9. The van der Waals surface area contributed by atoms with E-state index in [1.54, 1.807) is 0 Å². The fourth-order valence-corrected chi connectivity index (χ4v) is 1.78. The second-order valence-corrected chi connectivity index (χ2v) is 3.94. The number of amides is 1. The quantitative estimate of drug-likeness (QED) is 0.676. The Bertz CT molecular complexity index is 409. The number of aliphatic carboxylic acids is 1. The minimum Gasteiger partial charge on any atom is -0.480 e. The Morgan fingerprint density at radius 2 is 2.18 bits per heavy atom. The molecule has 0 aromatic carbocycles. The van der Waals surface area contributed by atoms with Crippen molar-refractivity contribution in [2.45, 2.75) is 18.4 Å². The maximum absolute atomic E-state index is 11.8. The molecule has 1 aliphatic heterocycles. The Kier molecular flexibility index (Phi) is 3.10. The summed E-state index contributed by atoms with van der Waals surface area (Å²) in [5.74, 6) is -1.47.